The molecule has 11 nitrogen and oxygen atoms in total. The van der Waals surface area contributed by atoms with Crippen molar-refractivity contribution in [1.82, 2.24) is 0 Å². The highest BCUT2D eigenvalue weighted by molar-refractivity contribution is 6.02. The summed E-state index contributed by atoms with van der Waals surface area (Å²) in [6.07, 6.45) is -2.56. The summed E-state index contributed by atoms with van der Waals surface area (Å²) in [5, 5.41) is 27.6. The smallest absolute Gasteiger partial charge is 0.164 e. The summed E-state index contributed by atoms with van der Waals surface area (Å²) in [7, 11) is 3.22. The van der Waals surface area contributed by atoms with Crippen LogP contribution in [0.15, 0.2) is 133 Å². The molecule has 1 saturated carbocycles. The lowest BCUT2D eigenvalue weighted by Gasteiger charge is -2.59. The van der Waals surface area contributed by atoms with E-state index < -0.39 is 40.9 Å². The number of aliphatic hydroxyl groups excluding tert-OH is 1. The highest BCUT2D eigenvalue weighted by Crippen LogP contribution is 2.65. The van der Waals surface area contributed by atoms with Crippen LogP contribution in [0.5, 0.6) is 17.2 Å². The quantitative estimate of drug-likeness (QED) is 0.102. The van der Waals surface area contributed by atoms with Crippen LogP contribution in [0.3, 0.4) is 0 Å². The zero-order valence-electron chi connectivity index (χ0n) is 40.4. The molecule has 2 saturated heterocycles. The lowest BCUT2D eigenvalue weighted by Crippen LogP contribution is -2.72. The van der Waals surface area contributed by atoms with Gasteiger partial charge >= 0.3 is 0 Å². The molecule has 0 bridgehead atoms. The first-order chi connectivity index (χ1) is 33.3. The van der Waals surface area contributed by atoms with E-state index in [2.05, 4.69) is 24.3 Å². The molecule has 362 valence electrons. The molecule has 10 rings (SSSR count). The van der Waals surface area contributed by atoms with E-state index in [-0.39, 0.29) is 44.2 Å². The van der Waals surface area contributed by atoms with Gasteiger partial charge in [0, 0.05) is 47.8 Å². The summed E-state index contributed by atoms with van der Waals surface area (Å²) in [5.41, 5.74) is 1.59. The summed E-state index contributed by atoms with van der Waals surface area (Å²) >= 11 is 0. The van der Waals surface area contributed by atoms with Gasteiger partial charge < -0.3 is 52.8 Å². The third kappa shape index (κ3) is 8.82. The van der Waals surface area contributed by atoms with Gasteiger partial charge in [0.1, 0.15) is 35.6 Å². The Balaban J connectivity index is 1.09. The zero-order valence-corrected chi connectivity index (χ0v) is 40.4. The molecule has 6 aromatic carbocycles. The van der Waals surface area contributed by atoms with Crippen molar-refractivity contribution >= 4 is 10.8 Å². The molecular weight excluding hydrogens is 873 g/mol. The molecule has 69 heavy (non-hydrogen) atoms. The number of methoxy groups -OCH3 is 2. The number of benzene rings is 6. The fourth-order valence-electron chi connectivity index (χ4n) is 11.7. The van der Waals surface area contributed by atoms with Gasteiger partial charge in [-0.1, -0.05) is 127 Å². The van der Waals surface area contributed by atoms with Crippen molar-refractivity contribution < 1.29 is 52.8 Å². The van der Waals surface area contributed by atoms with Gasteiger partial charge in [0.2, 0.25) is 0 Å². The molecule has 2 aliphatic heterocycles. The number of hydrogen-bond acceptors (Lipinski definition) is 11. The second kappa shape index (κ2) is 19.1. The van der Waals surface area contributed by atoms with Crippen molar-refractivity contribution in [1.29, 1.82) is 0 Å². The van der Waals surface area contributed by atoms with Crippen LogP contribution < -0.4 is 14.2 Å². The predicted molar refractivity (Wildman–Crippen MR) is 261 cm³/mol. The van der Waals surface area contributed by atoms with Crippen LogP contribution >= 0.6 is 0 Å². The van der Waals surface area contributed by atoms with Gasteiger partial charge in [-0.15, -0.1) is 0 Å². The molecule has 2 heterocycles. The Morgan fingerprint density at radius 3 is 1.83 bits per heavy atom. The van der Waals surface area contributed by atoms with Crippen molar-refractivity contribution in [3.05, 3.63) is 172 Å². The van der Waals surface area contributed by atoms with Gasteiger partial charge in [-0.25, -0.2) is 0 Å². The van der Waals surface area contributed by atoms with Crippen molar-refractivity contribution in [2.24, 2.45) is 0 Å². The molecular formula is C58H64O11. The molecule has 11 heteroatoms. The monoisotopic (exact) mass is 936 g/mol. The molecule has 0 amide bonds. The molecule has 6 aromatic rings. The van der Waals surface area contributed by atoms with Crippen LogP contribution in [0.4, 0.5) is 0 Å². The number of ether oxygens (including phenoxy) is 9. The third-order valence-corrected chi connectivity index (χ3v) is 14.7. The lowest BCUT2D eigenvalue weighted by molar-refractivity contribution is -0.300. The highest BCUT2D eigenvalue weighted by atomic mass is 16.8. The van der Waals surface area contributed by atoms with Gasteiger partial charge in [-0.05, 0) is 56.0 Å². The van der Waals surface area contributed by atoms with Gasteiger partial charge in [0.15, 0.2) is 11.4 Å². The second-order valence-corrected chi connectivity index (χ2v) is 19.9. The maximum Gasteiger partial charge on any atom is 0.164 e. The summed E-state index contributed by atoms with van der Waals surface area (Å²) in [6.45, 7) is 9.10. The summed E-state index contributed by atoms with van der Waals surface area (Å²) in [5.74, 6) is 0.295. The van der Waals surface area contributed by atoms with Gasteiger partial charge in [-0.2, -0.15) is 0 Å². The van der Waals surface area contributed by atoms with E-state index in [4.69, 9.17) is 42.6 Å². The highest BCUT2D eigenvalue weighted by Gasteiger charge is 2.75. The van der Waals surface area contributed by atoms with Crippen LogP contribution in [0.1, 0.15) is 92.0 Å². The van der Waals surface area contributed by atoms with Gasteiger partial charge in [-0.3, -0.25) is 0 Å². The van der Waals surface area contributed by atoms with Crippen molar-refractivity contribution in [2.75, 3.05) is 14.2 Å². The van der Waals surface area contributed by atoms with E-state index in [9.17, 15) is 10.2 Å². The Bertz CT molecular complexity index is 2720. The Morgan fingerprint density at radius 1 is 0.667 bits per heavy atom. The molecule has 1 unspecified atom stereocenters. The zero-order chi connectivity index (χ0) is 48.0. The SMILES string of the molecule is COc1c2c(c(OC)c3c(OCc4ccccc4)c([C@H]4C[C@@H](OCc5ccccc5)[C@H](OCc5ccccc5)[C@@H](C)O4)ccc13)C[C@H]1OC(C)(C)O[C@]13C[C@@](C)(OCc1ccccc1)CC(O)[C@]23O. The van der Waals surface area contributed by atoms with Crippen LogP contribution in [-0.2, 0) is 66.9 Å². The van der Waals surface area contributed by atoms with E-state index in [1.54, 1.807) is 14.2 Å². The Hall–Kier alpha value is -5.34. The van der Waals surface area contributed by atoms with Crippen LogP contribution in [-0.4, -0.2) is 71.9 Å². The van der Waals surface area contributed by atoms with Crippen LogP contribution in [0.2, 0.25) is 0 Å². The van der Waals surface area contributed by atoms with Crippen molar-refractivity contribution in [3.8, 4) is 17.2 Å². The Kier molecular flexibility index (Phi) is 13.1. The molecule has 1 spiro atoms. The normalized spacial score (nSPS) is 29.2. The third-order valence-electron chi connectivity index (χ3n) is 14.7. The predicted octanol–water partition coefficient (Wildman–Crippen LogP) is 10.2. The van der Waals surface area contributed by atoms with E-state index in [1.807, 2.05) is 137 Å². The summed E-state index contributed by atoms with van der Waals surface area (Å²) in [4.78, 5) is 0. The first kappa shape index (κ1) is 47.3. The largest absolute Gasteiger partial charge is 0.496 e. The Labute approximate surface area is 405 Å². The van der Waals surface area contributed by atoms with Crippen molar-refractivity contribution in [3.63, 3.8) is 0 Å². The average molecular weight is 937 g/mol. The number of rotatable bonds is 15. The summed E-state index contributed by atoms with van der Waals surface area (Å²) < 4.78 is 61.0. The second-order valence-electron chi connectivity index (χ2n) is 19.9. The minimum Gasteiger partial charge on any atom is -0.496 e. The van der Waals surface area contributed by atoms with E-state index in [1.165, 1.54) is 0 Å². The molecule has 3 fully saturated rings. The maximum absolute atomic E-state index is 13.7. The lowest BCUT2D eigenvalue weighted by atomic mass is 9.55. The molecule has 2 N–H and O–H groups in total. The minimum absolute atomic E-state index is 0.114. The molecule has 9 atom stereocenters. The number of hydrogen-bond donors (Lipinski definition) is 2. The molecule has 0 aromatic heterocycles. The first-order valence-electron chi connectivity index (χ1n) is 24.2. The van der Waals surface area contributed by atoms with E-state index >= 15 is 0 Å². The Morgan fingerprint density at radius 2 is 1.23 bits per heavy atom. The minimum atomic E-state index is -2.02. The van der Waals surface area contributed by atoms with E-state index in [0.717, 1.165) is 27.8 Å². The number of fused-ring (bicyclic) bond motifs is 3. The van der Waals surface area contributed by atoms with Crippen molar-refractivity contribution in [2.45, 2.75) is 139 Å². The molecule has 0 radical (unpaired) electrons. The fraction of sp³-hybridized carbons (Fsp3) is 0.414. The standard InChI is InChI=1S/C58H64O11/c1-37-51(64-33-39-21-13-8-14-22-39)46(63-32-38-19-11-7-12-20-38)30-45(67-37)42-27-28-43-49(53(42)65-34-40-23-15-9-16-24-40)52(61-5)44-29-48-57(69-55(2,3)68-48)36-56(4,66-35-41-25-17-10-18-26-41)31-47(59)58(57,60)50(44)54(43)62-6/h7-28,37,45-48,51,59-60H,29-36H2,1-6H3/t37-,45-,46-,47?,48-,51-,56+,57-,58+/m1/s1. The van der Waals surface area contributed by atoms with Crippen LogP contribution in [0, 0.1) is 0 Å². The topological polar surface area (TPSA) is 124 Å². The summed E-state index contributed by atoms with van der Waals surface area (Å²) in [6, 6.07) is 44.3. The van der Waals surface area contributed by atoms with E-state index in [0.29, 0.717) is 65.4 Å². The molecule has 4 aliphatic rings. The fourth-order valence-corrected chi connectivity index (χ4v) is 11.7. The molecule has 2 aliphatic carbocycles. The number of aliphatic hydroxyl groups is 2. The average Bonchev–Trinajstić information content (AvgIpc) is 3.63. The van der Waals surface area contributed by atoms with Gasteiger partial charge in [0.05, 0.1) is 75.5 Å². The maximum atomic E-state index is 13.7. The van der Waals surface area contributed by atoms with Gasteiger partial charge in [0.25, 0.3) is 0 Å². The first-order valence-corrected chi connectivity index (χ1v) is 24.2. The van der Waals surface area contributed by atoms with Crippen LogP contribution in [0.25, 0.3) is 10.8 Å².